The van der Waals surface area contributed by atoms with Gasteiger partial charge in [-0.2, -0.15) is 0 Å². The summed E-state index contributed by atoms with van der Waals surface area (Å²) in [6.45, 7) is 4.94. The van der Waals surface area contributed by atoms with E-state index in [1.807, 2.05) is 6.08 Å². The number of aliphatic hydroxyl groups is 2. The van der Waals surface area contributed by atoms with Crippen molar-refractivity contribution in [2.75, 3.05) is 13.2 Å². The van der Waals surface area contributed by atoms with Crippen LogP contribution in [-0.2, 0) is 14.3 Å². The van der Waals surface area contributed by atoms with Gasteiger partial charge in [-0.25, -0.2) is 0 Å². The van der Waals surface area contributed by atoms with Gasteiger partial charge in [0, 0.05) is 12.8 Å². The first-order valence-electron chi connectivity index (χ1n) is 39.1. The van der Waals surface area contributed by atoms with Crippen molar-refractivity contribution in [3.63, 3.8) is 0 Å². The quantitative estimate of drug-likeness (QED) is 0.0320. The zero-order valence-corrected chi connectivity index (χ0v) is 57.9. The van der Waals surface area contributed by atoms with Gasteiger partial charge in [-0.1, -0.05) is 398 Å². The lowest BCUT2D eigenvalue weighted by Crippen LogP contribution is -2.45. The van der Waals surface area contributed by atoms with Crippen LogP contribution >= 0.6 is 0 Å². The molecule has 0 bridgehead atoms. The number of nitrogens with one attached hydrogen (secondary N) is 1. The molecule has 0 rings (SSSR count). The first kappa shape index (κ1) is 83.3. The van der Waals surface area contributed by atoms with Crippen molar-refractivity contribution in [3.8, 4) is 0 Å². The number of carbonyl (C=O) groups excluding carboxylic acids is 2. The van der Waals surface area contributed by atoms with Crippen LogP contribution < -0.4 is 5.32 Å². The number of unbranched alkanes of at least 4 members (excludes halogenated alkanes) is 61. The minimum atomic E-state index is -0.840. The number of carbonyl (C=O) groups is 2. The third kappa shape index (κ3) is 71.3. The first-order valence-corrected chi connectivity index (χ1v) is 39.1. The highest BCUT2D eigenvalue weighted by Crippen LogP contribution is 2.20. The lowest BCUT2D eigenvalue weighted by molar-refractivity contribution is -0.143. The summed E-state index contributed by atoms with van der Waals surface area (Å²) in [5, 5.41) is 23.2. The van der Waals surface area contributed by atoms with Crippen molar-refractivity contribution < 1.29 is 24.5 Å². The van der Waals surface area contributed by atoms with Crippen LogP contribution in [0.25, 0.3) is 0 Å². The van der Waals surface area contributed by atoms with Crippen molar-refractivity contribution >= 4 is 11.9 Å². The summed E-state index contributed by atoms with van der Waals surface area (Å²) in [7, 11) is 0. The maximum Gasteiger partial charge on any atom is 0.305 e. The number of amides is 1. The zero-order valence-electron chi connectivity index (χ0n) is 57.9. The fourth-order valence-electron chi connectivity index (χ4n) is 12.5. The Bertz CT molecular complexity index is 1330. The van der Waals surface area contributed by atoms with Crippen LogP contribution in [0.3, 0.4) is 0 Å². The van der Waals surface area contributed by atoms with Crippen molar-refractivity contribution in [3.05, 3.63) is 24.3 Å². The van der Waals surface area contributed by atoms with Crippen LogP contribution in [0.4, 0.5) is 0 Å². The number of aliphatic hydroxyl groups excluding tert-OH is 2. The van der Waals surface area contributed by atoms with E-state index in [1.54, 1.807) is 6.08 Å². The third-order valence-corrected chi connectivity index (χ3v) is 18.5. The molecule has 504 valence electrons. The van der Waals surface area contributed by atoms with Gasteiger partial charge in [-0.05, 0) is 57.8 Å². The van der Waals surface area contributed by atoms with Gasteiger partial charge in [0.2, 0.25) is 5.91 Å². The Morgan fingerprint density at radius 1 is 0.318 bits per heavy atom. The number of ether oxygens (including phenoxy) is 1. The Labute approximate surface area is 532 Å². The second-order valence-electron chi connectivity index (χ2n) is 27.0. The molecule has 0 aromatic rings. The van der Waals surface area contributed by atoms with Crippen molar-refractivity contribution in [1.29, 1.82) is 0 Å². The molecular weight excluding hydrogens is 1040 g/mol. The van der Waals surface area contributed by atoms with Gasteiger partial charge in [-0.3, -0.25) is 9.59 Å². The maximum atomic E-state index is 12.5. The van der Waals surface area contributed by atoms with Gasteiger partial charge in [0.1, 0.15) is 0 Å². The van der Waals surface area contributed by atoms with Crippen molar-refractivity contribution in [2.45, 2.75) is 456 Å². The summed E-state index contributed by atoms with van der Waals surface area (Å²) in [4.78, 5) is 24.6. The summed E-state index contributed by atoms with van der Waals surface area (Å²) in [6.07, 6.45) is 95.9. The predicted octanol–water partition coefficient (Wildman–Crippen LogP) is 25.7. The number of hydrogen-bond donors (Lipinski definition) is 3. The molecule has 0 fully saturated rings. The Hall–Kier alpha value is -1.66. The molecule has 6 heteroatoms. The molecule has 3 N–H and O–H groups in total. The van der Waals surface area contributed by atoms with E-state index in [4.69, 9.17) is 4.74 Å². The molecule has 0 saturated heterocycles. The average Bonchev–Trinajstić information content (AvgIpc) is 3.50. The second-order valence-corrected chi connectivity index (χ2v) is 27.0. The van der Waals surface area contributed by atoms with Crippen LogP contribution in [0.2, 0.25) is 0 Å². The Morgan fingerprint density at radius 2 is 0.553 bits per heavy atom. The molecule has 0 heterocycles. The van der Waals surface area contributed by atoms with E-state index in [-0.39, 0.29) is 18.5 Å². The van der Waals surface area contributed by atoms with Gasteiger partial charge < -0.3 is 20.3 Å². The molecule has 0 aromatic carbocycles. The topological polar surface area (TPSA) is 95.9 Å². The van der Waals surface area contributed by atoms with Crippen molar-refractivity contribution in [1.82, 2.24) is 5.32 Å². The van der Waals surface area contributed by atoms with Crippen LogP contribution in [-0.4, -0.2) is 47.4 Å². The van der Waals surface area contributed by atoms with E-state index in [2.05, 4.69) is 31.3 Å². The van der Waals surface area contributed by atoms with E-state index in [9.17, 15) is 19.8 Å². The molecule has 0 radical (unpaired) electrons. The molecule has 0 spiro atoms. The maximum absolute atomic E-state index is 12.5. The number of rotatable bonds is 74. The lowest BCUT2D eigenvalue weighted by atomic mass is 10.0. The van der Waals surface area contributed by atoms with Crippen LogP contribution in [0.15, 0.2) is 24.3 Å². The lowest BCUT2D eigenvalue weighted by Gasteiger charge is -2.20. The summed E-state index contributed by atoms with van der Waals surface area (Å²) in [6, 6.07) is -0.623. The molecule has 6 nitrogen and oxygen atoms in total. The smallest absolute Gasteiger partial charge is 0.305 e. The minimum Gasteiger partial charge on any atom is -0.466 e. The fourth-order valence-corrected chi connectivity index (χ4v) is 12.5. The molecule has 0 aliphatic heterocycles. The summed E-state index contributed by atoms with van der Waals surface area (Å²) in [5.74, 6) is -0.0431. The Kier molecular flexibility index (Phi) is 73.3. The highest BCUT2D eigenvalue weighted by molar-refractivity contribution is 5.76. The number of esters is 1. The van der Waals surface area contributed by atoms with Crippen LogP contribution in [0, 0.1) is 0 Å². The normalized spacial score (nSPS) is 12.6. The Balaban J connectivity index is 3.31. The van der Waals surface area contributed by atoms with Gasteiger partial charge >= 0.3 is 5.97 Å². The van der Waals surface area contributed by atoms with E-state index in [0.717, 1.165) is 44.9 Å². The van der Waals surface area contributed by atoms with Gasteiger partial charge in [0.25, 0.3) is 0 Å². The van der Waals surface area contributed by atoms with E-state index in [1.165, 1.54) is 372 Å². The van der Waals surface area contributed by atoms with E-state index in [0.29, 0.717) is 19.4 Å². The molecule has 0 saturated carbocycles. The summed E-state index contributed by atoms with van der Waals surface area (Å²) in [5.41, 5.74) is 0. The van der Waals surface area contributed by atoms with Crippen LogP contribution in [0.1, 0.15) is 444 Å². The molecule has 1 amide bonds. The SMILES string of the molecule is CCCCCCC/C=C\CCCCCCCC(=O)OCCCCCCCCCCCCCCCCCCCCCCCCCCCCCCCCCCCCCCCC(=O)NC(CO)C(O)/C=C/CCCCCCCCCCCCCCCCC. The fraction of sp³-hybridized carbons (Fsp3) is 0.924. The highest BCUT2D eigenvalue weighted by Gasteiger charge is 2.18. The highest BCUT2D eigenvalue weighted by atomic mass is 16.5. The average molecular weight is 1200 g/mol. The van der Waals surface area contributed by atoms with Crippen LogP contribution in [0.5, 0.6) is 0 Å². The largest absolute Gasteiger partial charge is 0.466 e. The molecule has 0 aliphatic rings. The molecule has 2 unspecified atom stereocenters. The first-order chi connectivity index (χ1) is 42.0. The van der Waals surface area contributed by atoms with E-state index < -0.39 is 12.1 Å². The monoisotopic (exact) mass is 1200 g/mol. The standard InChI is InChI=1S/C79H153NO5/c1-3-5-7-9-11-13-15-17-19-41-44-47-51-55-59-63-67-71-77(82)76(75-81)80-78(83)72-68-64-60-56-52-48-45-42-39-37-35-33-31-29-27-25-23-21-20-22-24-26-28-30-32-34-36-38-40-43-46-50-54-58-62-66-70-74-85-79(84)73-69-65-61-57-53-49-18-16-14-12-10-8-6-4-2/h16,18,67,71,76-77,81-82H,3-15,17,19-66,68-70,72-75H2,1-2H3,(H,80,83)/b18-16-,71-67+. The van der Waals surface area contributed by atoms with Gasteiger partial charge in [0.15, 0.2) is 0 Å². The van der Waals surface area contributed by atoms with Crippen molar-refractivity contribution in [2.24, 2.45) is 0 Å². The molecular formula is C79H153NO5. The third-order valence-electron chi connectivity index (χ3n) is 18.5. The zero-order chi connectivity index (χ0) is 61.3. The summed E-state index contributed by atoms with van der Waals surface area (Å²) < 4.78 is 5.49. The predicted molar refractivity (Wildman–Crippen MR) is 375 cm³/mol. The molecule has 85 heavy (non-hydrogen) atoms. The molecule has 0 aliphatic carbocycles. The second kappa shape index (κ2) is 74.8. The number of hydrogen-bond acceptors (Lipinski definition) is 5. The van der Waals surface area contributed by atoms with E-state index >= 15 is 0 Å². The number of allylic oxidation sites excluding steroid dienone is 3. The minimum absolute atomic E-state index is 0.0154. The molecule has 2 atom stereocenters. The Morgan fingerprint density at radius 3 is 0.835 bits per heavy atom. The van der Waals surface area contributed by atoms with Gasteiger partial charge in [-0.15, -0.1) is 0 Å². The summed E-state index contributed by atoms with van der Waals surface area (Å²) >= 11 is 0. The van der Waals surface area contributed by atoms with Gasteiger partial charge in [0.05, 0.1) is 25.4 Å². The molecule has 0 aromatic heterocycles.